The predicted molar refractivity (Wildman–Crippen MR) is 47.2 cm³/mol. The van der Waals surface area contributed by atoms with E-state index in [1.807, 2.05) is 0 Å². The highest BCUT2D eigenvalue weighted by atomic mass is 14.8. The molecular formula is C10H17N. The van der Waals surface area contributed by atoms with Crippen LogP contribution in [0.2, 0.25) is 0 Å². The van der Waals surface area contributed by atoms with Crippen LogP contribution < -0.4 is 5.32 Å². The zero-order valence-corrected chi connectivity index (χ0v) is 7.27. The second-order valence-corrected chi connectivity index (χ2v) is 3.78. The van der Waals surface area contributed by atoms with E-state index in [0.717, 1.165) is 11.8 Å². The third kappa shape index (κ3) is 1.17. The van der Waals surface area contributed by atoms with Crippen LogP contribution in [0.1, 0.15) is 32.1 Å². The molecular weight excluding hydrogens is 134 g/mol. The highest BCUT2D eigenvalue weighted by Crippen LogP contribution is 2.41. The van der Waals surface area contributed by atoms with Crippen LogP contribution in [0.15, 0.2) is 11.8 Å². The average Bonchev–Trinajstić information content (AvgIpc) is 2.50. The van der Waals surface area contributed by atoms with Crippen LogP contribution >= 0.6 is 0 Å². The maximum atomic E-state index is 3.34. The van der Waals surface area contributed by atoms with Gasteiger partial charge in [0.15, 0.2) is 0 Å². The van der Waals surface area contributed by atoms with Gasteiger partial charge in [-0.25, -0.2) is 0 Å². The van der Waals surface area contributed by atoms with Crippen molar-refractivity contribution in [3.05, 3.63) is 11.8 Å². The summed E-state index contributed by atoms with van der Waals surface area (Å²) in [6.45, 7) is 0. The molecule has 0 aromatic rings. The summed E-state index contributed by atoms with van der Waals surface area (Å²) in [5, 5.41) is 3.34. The minimum atomic E-state index is 0.897. The molecule has 0 aliphatic heterocycles. The normalized spacial score (nSPS) is 36.3. The Bertz CT molecular complexity index is 172. The topological polar surface area (TPSA) is 12.0 Å². The SMILES string of the molecule is CNC1=CCCC2CCCC12. The predicted octanol–water partition coefficient (Wildman–Crippen LogP) is 2.30. The average molecular weight is 151 g/mol. The summed E-state index contributed by atoms with van der Waals surface area (Å²) in [6, 6.07) is 0. The molecule has 1 N–H and O–H groups in total. The molecule has 2 atom stereocenters. The fourth-order valence-corrected chi connectivity index (χ4v) is 2.68. The summed E-state index contributed by atoms with van der Waals surface area (Å²) >= 11 is 0. The fourth-order valence-electron chi connectivity index (χ4n) is 2.68. The van der Waals surface area contributed by atoms with Crippen molar-refractivity contribution in [1.82, 2.24) is 5.32 Å². The van der Waals surface area contributed by atoms with Gasteiger partial charge in [0.1, 0.15) is 0 Å². The molecule has 1 fully saturated rings. The standard InChI is InChI=1S/C10H17N/c1-11-10-7-3-5-8-4-2-6-9(8)10/h7-9,11H,2-6H2,1H3. The lowest BCUT2D eigenvalue weighted by Crippen LogP contribution is -2.22. The first-order valence-electron chi connectivity index (χ1n) is 4.79. The summed E-state index contributed by atoms with van der Waals surface area (Å²) in [5.74, 6) is 1.91. The molecule has 2 unspecified atom stereocenters. The van der Waals surface area contributed by atoms with Crippen molar-refractivity contribution in [3.8, 4) is 0 Å². The van der Waals surface area contributed by atoms with Crippen molar-refractivity contribution in [2.75, 3.05) is 7.05 Å². The molecule has 2 aliphatic rings. The highest BCUT2D eigenvalue weighted by Gasteiger charge is 2.31. The van der Waals surface area contributed by atoms with E-state index in [-0.39, 0.29) is 0 Å². The van der Waals surface area contributed by atoms with Gasteiger partial charge in [0.25, 0.3) is 0 Å². The molecule has 0 aromatic carbocycles. The molecule has 11 heavy (non-hydrogen) atoms. The molecule has 1 heteroatoms. The second kappa shape index (κ2) is 2.88. The van der Waals surface area contributed by atoms with Gasteiger partial charge >= 0.3 is 0 Å². The first-order valence-corrected chi connectivity index (χ1v) is 4.79. The largest absolute Gasteiger partial charge is 0.391 e. The van der Waals surface area contributed by atoms with Crippen molar-refractivity contribution in [1.29, 1.82) is 0 Å². The van der Waals surface area contributed by atoms with Crippen molar-refractivity contribution < 1.29 is 0 Å². The lowest BCUT2D eigenvalue weighted by molar-refractivity contribution is 0.378. The summed E-state index contributed by atoms with van der Waals surface area (Å²) in [5.41, 5.74) is 1.53. The molecule has 62 valence electrons. The minimum absolute atomic E-state index is 0.897. The monoisotopic (exact) mass is 151 g/mol. The van der Waals surface area contributed by atoms with Crippen molar-refractivity contribution in [3.63, 3.8) is 0 Å². The maximum Gasteiger partial charge on any atom is 0.00978 e. The number of rotatable bonds is 1. The van der Waals surface area contributed by atoms with E-state index in [1.165, 1.54) is 37.8 Å². The summed E-state index contributed by atoms with van der Waals surface area (Å²) in [6.07, 6.45) is 9.50. The molecule has 1 nitrogen and oxygen atoms in total. The third-order valence-corrected chi connectivity index (χ3v) is 3.25. The van der Waals surface area contributed by atoms with Crippen molar-refractivity contribution in [2.24, 2.45) is 11.8 Å². The number of nitrogens with one attached hydrogen (secondary N) is 1. The summed E-state index contributed by atoms with van der Waals surface area (Å²) in [4.78, 5) is 0. The number of allylic oxidation sites excluding steroid dienone is 2. The number of hydrogen-bond acceptors (Lipinski definition) is 1. The van der Waals surface area contributed by atoms with Gasteiger partial charge < -0.3 is 5.32 Å². The Morgan fingerprint density at radius 3 is 3.09 bits per heavy atom. The quantitative estimate of drug-likeness (QED) is 0.606. The Morgan fingerprint density at radius 2 is 2.27 bits per heavy atom. The van der Waals surface area contributed by atoms with Gasteiger partial charge in [-0.1, -0.05) is 12.5 Å². The minimum Gasteiger partial charge on any atom is -0.391 e. The third-order valence-electron chi connectivity index (χ3n) is 3.25. The summed E-state index contributed by atoms with van der Waals surface area (Å²) in [7, 11) is 2.06. The number of fused-ring (bicyclic) bond motifs is 1. The molecule has 1 saturated carbocycles. The Balaban J connectivity index is 2.13. The van der Waals surface area contributed by atoms with Crippen LogP contribution in [0, 0.1) is 11.8 Å². The molecule has 0 amide bonds. The zero-order chi connectivity index (χ0) is 7.68. The maximum absolute atomic E-state index is 3.34. The number of hydrogen-bond donors (Lipinski definition) is 1. The van der Waals surface area contributed by atoms with Gasteiger partial charge in [0.2, 0.25) is 0 Å². The molecule has 0 saturated heterocycles. The van der Waals surface area contributed by atoms with Crippen molar-refractivity contribution >= 4 is 0 Å². The Morgan fingerprint density at radius 1 is 1.36 bits per heavy atom. The van der Waals surface area contributed by atoms with E-state index in [4.69, 9.17) is 0 Å². The van der Waals surface area contributed by atoms with Gasteiger partial charge in [0, 0.05) is 18.7 Å². The Hall–Kier alpha value is -0.460. The summed E-state index contributed by atoms with van der Waals surface area (Å²) < 4.78 is 0. The Kier molecular flexibility index (Phi) is 1.89. The van der Waals surface area contributed by atoms with Crippen molar-refractivity contribution in [2.45, 2.75) is 32.1 Å². The smallest absolute Gasteiger partial charge is 0.00978 e. The zero-order valence-electron chi connectivity index (χ0n) is 7.27. The molecule has 0 aromatic heterocycles. The van der Waals surface area contributed by atoms with E-state index < -0.39 is 0 Å². The lowest BCUT2D eigenvalue weighted by atomic mass is 9.84. The van der Waals surface area contributed by atoms with Crippen LogP contribution in [0.5, 0.6) is 0 Å². The van der Waals surface area contributed by atoms with Gasteiger partial charge in [-0.05, 0) is 31.6 Å². The lowest BCUT2D eigenvalue weighted by Gasteiger charge is -2.26. The molecule has 0 bridgehead atoms. The van der Waals surface area contributed by atoms with E-state index in [2.05, 4.69) is 18.4 Å². The first kappa shape index (κ1) is 7.20. The molecule has 2 rings (SSSR count). The van der Waals surface area contributed by atoms with Gasteiger partial charge in [-0.2, -0.15) is 0 Å². The van der Waals surface area contributed by atoms with E-state index in [9.17, 15) is 0 Å². The fraction of sp³-hybridized carbons (Fsp3) is 0.800. The molecule has 0 heterocycles. The van der Waals surface area contributed by atoms with Crippen LogP contribution in [0.3, 0.4) is 0 Å². The van der Waals surface area contributed by atoms with E-state index >= 15 is 0 Å². The second-order valence-electron chi connectivity index (χ2n) is 3.78. The van der Waals surface area contributed by atoms with Gasteiger partial charge in [0.05, 0.1) is 0 Å². The molecule has 0 spiro atoms. The van der Waals surface area contributed by atoms with E-state index in [1.54, 1.807) is 0 Å². The van der Waals surface area contributed by atoms with Crippen LogP contribution in [-0.2, 0) is 0 Å². The van der Waals surface area contributed by atoms with Gasteiger partial charge in [-0.15, -0.1) is 0 Å². The molecule has 2 aliphatic carbocycles. The van der Waals surface area contributed by atoms with Gasteiger partial charge in [-0.3, -0.25) is 0 Å². The van der Waals surface area contributed by atoms with E-state index in [0.29, 0.717) is 0 Å². The first-order chi connectivity index (χ1) is 5.42. The van der Waals surface area contributed by atoms with Crippen LogP contribution in [0.4, 0.5) is 0 Å². The Labute approximate surface area is 68.9 Å². The molecule has 0 radical (unpaired) electrons. The van der Waals surface area contributed by atoms with Crippen LogP contribution in [-0.4, -0.2) is 7.05 Å². The highest BCUT2D eigenvalue weighted by molar-refractivity contribution is 5.11. The van der Waals surface area contributed by atoms with Crippen LogP contribution in [0.25, 0.3) is 0 Å².